The van der Waals surface area contributed by atoms with Gasteiger partial charge >= 0.3 is 0 Å². The minimum atomic E-state index is -0.230. The lowest BCUT2D eigenvalue weighted by atomic mass is 10.1. The number of nitrogens with one attached hydrogen (secondary N) is 2. The number of hydrogen-bond donors (Lipinski definition) is 2. The van der Waals surface area contributed by atoms with Gasteiger partial charge in [0.2, 0.25) is 5.91 Å². The van der Waals surface area contributed by atoms with Crippen molar-refractivity contribution in [1.29, 1.82) is 0 Å². The minimum Gasteiger partial charge on any atom is -0.486 e. The van der Waals surface area contributed by atoms with Crippen molar-refractivity contribution < 1.29 is 19.0 Å². The Bertz CT molecular complexity index is 1610. The summed E-state index contributed by atoms with van der Waals surface area (Å²) in [6, 6.07) is 15.0. The van der Waals surface area contributed by atoms with Gasteiger partial charge in [0.1, 0.15) is 36.4 Å². The highest BCUT2D eigenvalue weighted by Crippen LogP contribution is 2.36. The Labute approximate surface area is 255 Å². The number of anilines is 3. The van der Waals surface area contributed by atoms with Gasteiger partial charge in [0.15, 0.2) is 0 Å². The molecule has 0 radical (unpaired) electrons. The molecule has 43 heavy (non-hydrogen) atoms. The zero-order chi connectivity index (χ0) is 29.6. The van der Waals surface area contributed by atoms with Gasteiger partial charge in [-0.05, 0) is 62.8 Å². The maximum absolute atomic E-state index is 13.0. The molecule has 10 nitrogen and oxygen atoms in total. The third-order valence-corrected chi connectivity index (χ3v) is 7.81. The molecule has 11 heteroatoms. The second kappa shape index (κ2) is 13.4. The number of likely N-dealkylation sites (tertiary alicyclic amines) is 1. The molecule has 1 amide bonds. The SMILES string of the molecule is CN1CCCC1/C=C/C(=O)Nc1cc2c(Nc3ccc(OCc4ccccn4)c(Cl)c3)ncnc2cc1O[C@H]1CCOC1. The number of hydrogen-bond acceptors (Lipinski definition) is 9. The predicted molar refractivity (Wildman–Crippen MR) is 166 cm³/mol. The van der Waals surface area contributed by atoms with E-state index < -0.39 is 0 Å². The molecule has 2 aliphatic rings. The maximum atomic E-state index is 13.0. The van der Waals surface area contributed by atoms with Gasteiger partial charge in [-0.1, -0.05) is 23.7 Å². The fraction of sp³-hybridized carbons (Fsp3) is 0.312. The average molecular weight is 601 g/mol. The molecule has 2 fully saturated rings. The Hall–Kier alpha value is -4.25. The van der Waals surface area contributed by atoms with E-state index in [4.69, 9.17) is 25.8 Å². The quantitative estimate of drug-likeness (QED) is 0.220. The van der Waals surface area contributed by atoms with Crippen LogP contribution in [0.2, 0.25) is 5.02 Å². The molecule has 2 saturated heterocycles. The molecular weight excluding hydrogens is 568 g/mol. The van der Waals surface area contributed by atoms with Crippen LogP contribution in [0.25, 0.3) is 10.9 Å². The number of ether oxygens (including phenoxy) is 3. The van der Waals surface area contributed by atoms with Gasteiger partial charge in [-0.3, -0.25) is 14.7 Å². The molecule has 222 valence electrons. The Morgan fingerprint density at radius 3 is 2.84 bits per heavy atom. The first-order chi connectivity index (χ1) is 21.0. The number of aromatic nitrogens is 3. The summed E-state index contributed by atoms with van der Waals surface area (Å²) < 4.78 is 17.6. The molecule has 0 spiro atoms. The molecule has 2 aromatic carbocycles. The number of halogens is 1. The van der Waals surface area contributed by atoms with Gasteiger partial charge in [0.25, 0.3) is 0 Å². The Kier molecular flexibility index (Phi) is 8.97. The zero-order valence-electron chi connectivity index (χ0n) is 23.8. The van der Waals surface area contributed by atoms with Crippen LogP contribution in [0.4, 0.5) is 17.2 Å². The number of fused-ring (bicyclic) bond motifs is 1. The smallest absolute Gasteiger partial charge is 0.248 e. The van der Waals surface area contributed by atoms with E-state index in [0.29, 0.717) is 64.4 Å². The Morgan fingerprint density at radius 2 is 2.07 bits per heavy atom. The second-order valence-corrected chi connectivity index (χ2v) is 11.0. The van der Waals surface area contributed by atoms with Gasteiger partial charge in [0, 0.05) is 41.9 Å². The standard InChI is InChI=1S/C32H33ClN6O4/c1-39-13-4-6-23(39)8-10-31(40)38-28-16-25-27(17-30(28)43-24-11-14-41-19-24)35-20-36-32(25)37-21-7-9-29(26(33)15-21)42-18-22-5-2-3-12-34-22/h2-3,5,7-10,12,15-17,20,23-24H,4,6,11,13-14,18-19H2,1H3,(H,38,40)(H,35,36,37)/b10-8+/t23?,24-/m0/s1. The lowest BCUT2D eigenvalue weighted by Crippen LogP contribution is -2.23. The fourth-order valence-corrected chi connectivity index (χ4v) is 5.42. The lowest BCUT2D eigenvalue weighted by Gasteiger charge is -2.18. The van der Waals surface area contributed by atoms with Crippen molar-refractivity contribution in [3.63, 3.8) is 0 Å². The molecule has 2 aliphatic heterocycles. The molecule has 4 heterocycles. The van der Waals surface area contributed by atoms with Gasteiger partial charge in [-0.15, -0.1) is 0 Å². The van der Waals surface area contributed by atoms with Crippen molar-refractivity contribution in [3.8, 4) is 11.5 Å². The van der Waals surface area contributed by atoms with Crippen LogP contribution in [0.1, 0.15) is 25.0 Å². The summed E-state index contributed by atoms with van der Waals surface area (Å²) >= 11 is 6.55. The summed E-state index contributed by atoms with van der Waals surface area (Å²) in [4.78, 5) is 28.5. The van der Waals surface area contributed by atoms with Crippen molar-refractivity contribution >= 4 is 45.6 Å². The number of benzene rings is 2. The first-order valence-electron chi connectivity index (χ1n) is 14.3. The van der Waals surface area contributed by atoms with E-state index in [9.17, 15) is 4.79 Å². The average Bonchev–Trinajstić information content (AvgIpc) is 3.68. The number of amides is 1. The van der Waals surface area contributed by atoms with Crippen LogP contribution in [-0.2, 0) is 16.1 Å². The van der Waals surface area contributed by atoms with Crippen LogP contribution in [-0.4, -0.2) is 64.7 Å². The third-order valence-electron chi connectivity index (χ3n) is 7.52. The van der Waals surface area contributed by atoms with E-state index in [0.717, 1.165) is 31.5 Å². The highest BCUT2D eigenvalue weighted by molar-refractivity contribution is 6.32. The maximum Gasteiger partial charge on any atom is 0.248 e. The number of carbonyl (C=O) groups is 1. The van der Waals surface area contributed by atoms with Gasteiger partial charge in [0.05, 0.1) is 35.1 Å². The van der Waals surface area contributed by atoms with Crippen LogP contribution in [0.3, 0.4) is 0 Å². The van der Waals surface area contributed by atoms with Crippen LogP contribution < -0.4 is 20.1 Å². The van der Waals surface area contributed by atoms with Gasteiger partial charge < -0.3 is 24.8 Å². The molecule has 0 aliphatic carbocycles. The molecule has 2 atom stereocenters. The summed E-state index contributed by atoms with van der Waals surface area (Å²) in [5.41, 5.74) is 2.71. The normalized spacial score (nSPS) is 18.7. The van der Waals surface area contributed by atoms with Crippen molar-refractivity contribution in [3.05, 3.63) is 83.9 Å². The number of likely N-dealkylation sites (N-methyl/N-ethyl adjacent to an activating group) is 1. The summed E-state index contributed by atoms with van der Waals surface area (Å²) in [5, 5.41) is 7.50. The zero-order valence-corrected chi connectivity index (χ0v) is 24.6. The summed E-state index contributed by atoms with van der Waals surface area (Å²) in [6.45, 7) is 2.48. The van der Waals surface area contributed by atoms with Crippen molar-refractivity contribution in [2.45, 2.75) is 38.0 Å². The van der Waals surface area contributed by atoms with Crippen molar-refractivity contribution in [2.75, 3.05) is 37.4 Å². The molecule has 2 N–H and O–H groups in total. The number of pyridine rings is 1. The Morgan fingerprint density at radius 1 is 1.14 bits per heavy atom. The second-order valence-electron chi connectivity index (χ2n) is 10.6. The molecular formula is C32H33ClN6O4. The molecule has 0 saturated carbocycles. The van der Waals surface area contributed by atoms with Gasteiger partial charge in [-0.2, -0.15) is 0 Å². The number of nitrogens with zero attached hydrogens (tertiary/aromatic N) is 4. The van der Waals surface area contributed by atoms with Crippen molar-refractivity contribution in [2.24, 2.45) is 0 Å². The Balaban J connectivity index is 1.24. The topological polar surface area (TPSA) is 111 Å². The fourth-order valence-electron chi connectivity index (χ4n) is 5.18. The van der Waals surface area contributed by atoms with E-state index >= 15 is 0 Å². The van der Waals surface area contributed by atoms with E-state index in [1.807, 2.05) is 42.5 Å². The highest BCUT2D eigenvalue weighted by Gasteiger charge is 2.22. The van der Waals surface area contributed by atoms with Crippen LogP contribution in [0.5, 0.6) is 11.5 Å². The van der Waals surface area contributed by atoms with Crippen LogP contribution in [0, 0.1) is 0 Å². The van der Waals surface area contributed by atoms with Crippen LogP contribution in [0.15, 0.2) is 73.2 Å². The third kappa shape index (κ3) is 7.22. The summed E-state index contributed by atoms with van der Waals surface area (Å²) in [5.74, 6) is 1.40. The first kappa shape index (κ1) is 28.9. The van der Waals surface area contributed by atoms with E-state index in [1.54, 1.807) is 24.4 Å². The minimum absolute atomic E-state index is 0.101. The van der Waals surface area contributed by atoms with E-state index in [-0.39, 0.29) is 18.1 Å². The lowest BCUT2D eigenvalue weighted by molar-refractivity contribution is -0.112. The molecule has 2 aromatic heterocycles. The van der Waals surface area contributed by atoms with Crippen molar-refractivity contribution in [1.82, 2.24) is 19.9 Å². The summed E-state index contributed by atoms with van der Waals surface area (Å²) in [7, 11) is 2.07. The number of rotatable bonds is 10. The van der Waals surface area contributed by atoms with Gasteiger partial charge in [-0.25, -0.2) is 9.97 Å². The number of carbonyl (C=O) groups excluding carboxylic acids is 1. The van der Waals surface area contributed by atoms with E-state index in [2.05, 4.69) is 37.5 Å². The van der Waals surface area contributed by atoms with E-state index in [1.165, 1.54) is 6.33 Å². The molecule has 1 unspecified atom stereocenters. The van der Waals surface area contributed by atoms with Crippen LogP contribution >= 0.6 is 11.6 Å². The largest absolute Gasteiger partial charge is 0.486 e. The highest BCUT2D eigenvalue weighted by atomic mass is 35.5. The molecule has 6 rings (SSSR count). The first-order valence-corrected chi connectivity index (χ1v) is 14.7. The predicted octanol–water partition coefficient (Wildman–Crippen LogP) is 5.76. The molecule has 4 aromatic rings. The summed E-state index contributed by atoms with van der Waals surface area (Å²) in [6.07, 6.45) is 9.60. The molecule has 0 bridgehead atoms. The monoisotopic (exact) mass is 600 g/mol.